The number of nitrogens with one attached hydrogen (secondary N) is 3. The summed E-state index contributed by atoms with van der Waals surface area (Å²) in [6.07, 6.45) is -0.878. The molecule has 0 bridgehead atoms. The van der Waals surface area contributed by atoms with Gasteiger partial charge in [0.25, 0.3) is 11.8 Å². The lowest BCUT2D eigenvalue weighted by Crippen LogP contribution is -2.47. The Morgan fingerprint density at radius 3 is 2.31 bits per heavy atom. The van der Waals surface area contributed by atoms with E-state index in [1.165, 1.54) is 13.1 Å². The predicted molar refractivity (Wildman–Crippen MR) is 122 cm³/mol. The topological polar surface area (TPSA) is 114 Å². The fourth-order valence-electron chi connectivity index (χ4n) is 3.14. The van der Waals surface area contributed by atoms with Gasteiger partial charge in [0, 0.05) is 5.56 Å². The number of aryl methyl sites for hydroxylation is 1. The summed E-state index contributed by atoms with van der Waals surface area (Å²) in [4.78, 5) is 24.9. The van der Waals surface area contributed by atoms with Crippen LogP contribution in [0.25, 0.3) is 10.8 Å². The third-order valence-corrected chi connectivity index (χ3v) is 6.68. The summed E-state index contributed by atoms with van der Waals surface area (Å²) >= 11 is 0. The van der Waals surface area contributed by atoms with Gasteiger partial charge >= 0.3 is 0 Å². The molecule has 0 aromatic heterocycles. The Labute approximate surface area is 187 Å². The molecular formula is C23H25N3O5S. The van der Waals surface area contributed by atoms with Gasteiger partial charge in [0.2, 0.25) is 10.0 Å². The van der Waals surface area contributed by atoms with Crippen LogP contribution in [0.1, 0.15) is 28.4 Å². The van der Waals surface area contributed by atoms with Crippen LogP contribution in [-0.4, -0.2) is 33.4 Å². The first-order chi connectivity index (χ1) is 15.1. The van der Waals surface area contributed by atoms with Gasteiger partial charge < -0.3 is 4.74 Å². The van der Waals surface area contributed by atoms with Gasteiger partial charge in [-0.2, -0.15) is 0 Å². The summed E-state index contributed by atoms with van der Waals surface area (Å²) in [7, 11) is -2.44. The van der Waals surface area contributed by atoms with Crippen molar-refractivity contribution >= 4 is 32.6 Å². The lowest BCUT2D eigenvalue weighted by Gasteiger charge is -2.16. The van der Waals surface area contributed by atoms with Crippen molar-refractivity contribution < 1.29 is 22.7 Å². The van der Waals surface area contributed by atoms with Gasteiger partial charge in [0.05, 0.1) is 4.90 Å². The highest BCUT2D eigenvalue weighted by atomic mass is 32.2. The summed E-state index contributed by atoms with van der Waals surface area (Å²) in [5.74, 6) is -0.681. The van der Waals surface area contributed by atoms with E-state index in [1.54, 1.807) is 32.9 Å². The van der Waals surface area contributed by atoms with Crippen LogP contribution in [0.15, 0.2) is 59.5 Å². The van der Waals surface area contributed by atoms with Crippen molar-refractivity contribution in [1.82, 2.24) is 15.6 Å². The van der Waals surface area contributed by atoms with Crippen molar-refractivity contribution in [3.05, 3.63) is 71.3 Å². The zero-order chi connectivity index (χ0) is 23.5. The van der Waals surface area contributed by atoms with Crippen LogP contribution in [0.3, 0.4) is 0 Å². The molecule has 0 saturated carbocycles. The number of amides is 2. The molecule has 0 fully saturated rings. The van der Waals surface area contributed by atoms with Crippen LogP contribution >= 0.6 is 0 Å². The predicted octanol–water partition coefficient (Wildman–Crippen LogP) is 2.59. The van der Waals surface area contributed by atoms with Crippen molar-refractivity contribution in [2.45, 2.75) is 31.8 Å². The number of sulfonamides is 1. The standard InChI is InChI=1S/C23H25N3O5S/c1-14-11-19(13-21(15(14)2)32(29,30)24-4)23(28)26-25-22(27)16(3)31-20-10-9-17-7-5-6-8-18(17)12-20/h5-13,16,24H,1-4H3,(H,25,27)(H,26,28)/t16-/m0/s1. The Kier molecular flexibility index (Phi) is 6.81. The summed E-state index contributed by atoms with van der Waals surface area (Å²) < 4.78 is 32.4. The molecule has 168 valence electrons. The number of benzene rings is 3. The van der Waals surface area contributed by atoms with E-state index in [9.17, 15) is 18.0 Å². The van der Waals surface area contributed by atoms with Crippen LogP contribution in [-0.2, 0) is 14.8 Å². The molecule has 3 aromatic carbocycles. The quantitative estimate of drug-likeness (QED) is 0.495. The minimum absolute atomic E-state index is 0.00415. The number of hydrogen-bond acceptors (Lipinski definition) is 5. The summed E-state index contributed by atoms with van der Waals surface area (Å²) in [5.41, 5.74) is 5.89. The second-order valence-electron chi connectivity index (χ2n) is 7.34. The van der Waals surface area contributed by atoms with Crippen LogP contribution in [0.5, 0.6) is 5.75 Å². The number of hydrogen-bond donors (Lipinski definition) is 3. The third-order valence-electron chi connectivity index (χ3n) is 5.14. The molecule has 3 N–H and O–H groups in total. The maximum Gasteiger partial charge on any atom is 0.279 e. The largest absolute Gasteiger partial charge is 0.481 e. The summed E-state index contributed by atoms with van der Waals surface area (Å²) in [5, 5.41) is 2.03. The number of fused-ring (bicyclic) bond motifs is 1. The molecule has 0 aliphatic rings. The number of carbonyl (C=O) groups is 2. The monoisotopic (exact) mass is 455 g/mol. The average Bonchev–Trinajstić information content (AvgIpc) is 2.78. The molecule has 0 aliphatic carbocycles. The Hall–Kier alpha value is -3.43. The first-order valence-corrected chi connectivity index (χ1v) is 11.4. The van der Waals surface area contributed by atoms with Crippen molar-refractivity contribution in [2.24, 2.45) is 0 Å². The highest BCUT2D eigenvalue weighted by Gasteiger charge is 2.21. The van der Waals surface area contributed by atoms with E-state index in [2.05, 4.69) is 15.6 Å². The Balaban J connectivity index is 1.66. The second kappa shape index (κ2) is 9.37. The minimum atomic E-state index is -3.74. The van der Waals surface area contributed by atoms with E-state index >= 15 is 0 Å². The molecule has 32 heavy (non-hydrogen) atoms. The first-order valence-electron chi connectivity index (χ1n) is 9.93. The normalized spacial score (nSPS) is 12.2. The zero-order valence-electron chi connectivity index (χ0n) is 18.2. The number of ether oxygens (including phenoxy) is 1. The van der Waals surface area contributed by atoms with Gasteiger partial charge in [-0.3, -0.25) is 20.4 Å². The van der Waals surface area contributed by atoms with E-state index in [-0.39, 0.29) is 10.5 Å². The average molecular weight is 456 g/mol. The second-order valence-corrected chi connectivity index (χ2v) is 9.19. The van der Waals surface area contributed by atoms with Crippen molar-refractivity contribution in [1.29, 1.82) is 0 Å². The lowest BCUT2D eigenvalue weighted by molar-refractivity contribution is -0.128. The highest BCUT2D eigenvalue weighted by molar-refractivity contribution is 7.89. The van der Waals surface area contributed by atoms with E-state index in [0.717, 1.165) is 10.8 Å². The van der Waals surface area contributed by atoms with E-state index in [4.69, 9.17) is 4.74 Å². The van der Waals surface area contributed by atoms with Crippen LogP contribution in [0.2, 0.25) is 0 Å². The smallest absolute Gasteiger partial charge is 0.279 e. The van der Waals surface area contributed by atoms with E-state index in [0.29, 0.717) is 16.9 Å². The third kappa shape index (κ3) is 5.06. The number of rotatable bonds is 6. The fraction of sp³-hybridized carbons (Fsp3) is 0.217. The van der Waals surface area contributed by atoms with Crippen molar-refractivity contribution in [2.75, 3.05) is 7.05 Å². The molecule has 3 aromatic rings. The lowest BCUT2D eigenvalue weighted by atomic mass is 10.1. The Morgan fingerprint density at radius 2 is 1.62 bits per heavy atom. The molecule has 3 rings (SSSR count). The zero-order valence-corrected chi connectivity index (χ0v) is 19.0. The van der Waals surface area contributed by atoms with E-state index < -0.39 is 27.9 Å². The Bertz CT molecular complexity index is 1290. The summed E-state index contributed by atoms with van der Waals surface area (Å²) in [6.45, 7) is 4.93. The van der Waals surface area contributed by atoms with Crippen molar-refractivity contribution in [3.63, 3.8) is 0 Å². The maximum atomic E-state index is 12.5. The SMILES string of the molecule is CNS(=O)(=O)c1cc(C(=O)NNC(=O)[C@H](C)Oc2ccc3ccccc3c2)cc(C)c1C. The molecule has 9 heteroatoms. The molecule has 0 saturated heterocycles. The van der Waals surface area contributed by atoms with Gasteiger partial charge in [-0.05, 0) is 74.0 Å². The van der Waals surface area contributed by atoms with Crippen molar-refractivity contribution in [3.8, 4) is 5.75 Å². The van der Waals surface area contributed by atoms with Crippen LogP contribution in [0, 0.1) is 13.8 Å². The van der Waals surface area contributed by atoms with Gasteiger partial charge in [-0.15, -0.1) is 0 Å². The van der Waals surface area contributed by atoms with Gasteiger partial charge in [0.1, 0.15) is 5.75 Å². The Morgan fingerprint density at radius 1 is 0.938 bits per heavy atom. The van der Waals surface area contributed by atoms with Gasteiger partial charge in [0.15, 0.2) is 6.10 Å². The maximum absolute atomic E-state index is 12.5. The fourth-order valence-corrected chi connectivity index (χ4v) is 4.20. The van der Waals surface area contributed by atoms with Gasteiger partial charge in [-0.1, -0.05) is 30.3 Å². The highest BCUT2D eigenvalue weighted by Crippen LogP contribution is 2.22. The molecule has 0 aliphatic heterocycles. The first kappa shape index (κ1) is 23.2. The van der Waals surface area contributed by atoms with Crippen LogP contribution < -0.4 is 20.3 Å². The van der Waals surface area contributed by atoms with Gasteiger partial charge in [-0.25, -0.2) is 13.1 Å². The number of carbonyl (C=O) groups excluding carboxylic acids is 2. The molecular weight excluding hydrogens is 430 g/mol. The molecule has 0 radical (unpaired) electrons. The number of hydrazine groups is 1. The van der Waals surface area contributed by atoms with Crippen LogP contribution in [0.4, 0.5) is 0 Å². The molecule has 0 spiro atoms. The molecule has 8 nitrogen and oxygen atoms in total. The molecule has 1 atom stereocenters. The summed E-state index contributed by atoms with van der Waals surface area (Å²) in [6, 6.07) is 16.1. The minimum Gasteiger partial charge on any atom is -0.481 e. The molecule has 2 amide bonds. The molecule has 0 unspecified atom stereocenters. The molecule has 0 heterocycles. The van der Waals surface area contributed by atoms with E-state index in [1.807, 2.05) is 36.4 Å².